The van der Waals surface area contributed by atoms with Gasteiger partial charge >= 0.3 is 6.16 Å². The van der Waals surface area contributed by atoms with Gasteiger partial charge in [0.05, 0.1) is 6.21 Å². The fourth-order valence-corrected chi connectivity index (χ4v) is 8.05. The molecule has 8 atom stereocenters. The second-order valence-corrected chi connectivity index (χ2v) is 10.6. The molecule has 6 rings (SSSR count). The first-order valence-corrected chi connectivity index (χ1v) is 11.2. The lowest BCUT2D eigenvalue weighted by atomic mass is 9.48. The number of hydrogen-bond acceptors (Lipinski definition) is 6. The van der Waals surface area contributed by atoms with Gasteiger partial charge in [0, 0.05) is 35.5 Å². The number of cyclic esters (lactones) is 1. The number of oxime groups is 1. The third-order valence-corrected chi connectivity index (χ3v) is 9.55. The predicted molar refractivity (Wildman–Crippen MR) is 109 cm³/mol. The maximum absolute atomic E-state index is 12.3. The van der Waals surface area contributed by atoms with Crippen molar-refractivity contribution < 1.29 is 23.9 Å². The summed E-state index contributed by atoms with van der Waals surface area (Å²) in [6.07, 6.45) is 10.2. The van der Waals surface area contributed by atoms with E-state index in [-0.39, 0.29) is 16.7 Å². The summed E-state index contributed by atoms with van der Waals surface area (Å²) in [5, 5.41) is 4.15. The average Bonchev–Trinajstić information content (AvgIpc) is 3.35. The number of carbonyl (C=O) groups excluding carboxylic acids is 2. The average molecular weight is 411 g/mol. The van der Waals surface area contributed by atoms with Crippen molar-refractivity contribution in [3.8, 4) is 0 Å². The minimum Gasteiger partial charge on any atom is -0.430 e. The van der Waals surface area contributed by atoms with E-state index in [9.17, 15) is 9.59 Å². The zero-order chi connectivity index (χ0) is 20.9. The van der Waals surface area contributed by atoms with Gasteiger partial charge in [0.2, 0.25) is 0 Å². The smallest absolute Gasteiger partial charge is 0.430 e. The van der Waals surface area contributed by atoms with Crippen LogP contribution >= 0.6 is 0 Å². The Labute approximate surface area is 176 Å². The van der Waals surface area contributed by atoms with Crippen molar-refractivity contribution in [1.82, 2.24) is 0 Å². The Kier molecular flexibility index (Phi) is 3.59. The Hall–Kier alpha value is -2.11. The minimum atomic E-state index is -0.515. The van der Waals surface area contributed by atoms with E-state index in [2.05, 4.69) is 31.2 Å². The molecule has 0 radical (unpaired) electrons. The maximum atomic E-state index is 12.3. The molecule has 0 aromatic carbocycles. The molecular formula is C24H29NO5. The molecule has 2 unspecified atom stereocenters. The Morgan fingerprint density at radius 3 is 2.87 bits per heavy atom. The third kappa shape index (κ3) is 2.08. The molecule has 30 heavy (non-hydrogen) atoms. The maximum Gasteiger partial charge on any atom is 0.509 e. The van der Waals surface area contributed by atoms with Crippen LogP contribution in [0.25, 0.3) is 0 Å². The quantitative estimate of drug-likeness (QED) is 0.297. The van der Waals surface area contributed by atoms with Gasteiger partial charge in [-0.2, -0.15) is 0 Å². The Morgan fingerprint density at radius 1 is 1.30 bits per heavy atom. The number of nitrogens with zero attached hydrogens (tertiary/aromatic N) is 1. The highest BCUT2D eigenvalue weighted by molar-refractivity contribution is 5.84. The predicted octanol–water partition coefficient (Wildman–Crippen LogP) is 4.06. The number of allylic oxidation sites excluding steroid dienone is 4. The van der Waals surface area contributed by atoms with Crippen LogP contribution in [0.1, 0.15) is 46.0 Å². The van der Waals surface area contributed by atoms with Gasteiger partial charge in [-0.25, -0.2) is 4.79 Å². The molecule has 1 saturated heterocycles. The van der Waals surface area contributed by atoms with Crippen LogP contribution in [0.2, 0.25) is 0 Å². The van der Waals surface area contributed by atoms with E-state index >= 15 is 0 Å². The Bertz CT molecular complexity index is 936. The van der Waals surface area contributed by atoms with E-state index in [1.165, 1.54) is 11.1 Å². The second kappa shape index (κ2) is 5.77. The van der Waals surface area contributed by atoms with Crippen molar-refractivity contribution in [1.29, 1.82) is 0 Å². The first-order chi connectivity index (χ1) is 14.3. The number of ketones is 1. The lowest BCUT2D eigenvalue weighted by Gasteiger charge is -2.56. The van der Waals surface area contributed by atoms with Crippen LogP contribution in [0.4, 0.5) is 4.79 Å². The summed E-state index contributed by atoms with van der Waals surface area (Å²) in [5.41, 5.74) is 2.01. The topological polar surface area (TPSA) is 74.2 Å². The highest BCUT2D eigenvalue weighted by atomic mass is 16.8. The zero-order valence-electron chi connectivity index (χ0n) is 17.8. The number of ether oxygens (including phenoxy) is 2. The van der Waals surface area contributed by atoms with E-state index in [1.54, 1.807) is 7.11 Å². The van der Waals surface area contributed by atoms with Gasteiger partial charge in [0.1, 0.15) is 19.5 Å². The summed E-state index contributed by atoms with van der Waals surface area (Å²) in [7, 11) is 1.57. The lowest BCUT2D eigenvalue weighted by Crippen LogP contribution is -2.56. The van der Waals surface area contributed by atoms with E-state index in [0.29, 0.717) is 48.9 Å². The summed E-state index contributed by atoms with van der Waals surface area (Å²) in [6, 6.07) is 0. The number of Topliss-reactive ketones (excluding diaryl/α,β-unsaturated/α-hetero) is 1. The van der Waals surface area contributed by atoms with Crippen LogP contribution < -0.4 is 0 Å². The van der Waals surface area contributed by atoms with Crippen molar-refractivity contribution >= 4 is 18.2 Å². The number of rotatable bonds is 2. The molecule has 6 heteroatoms. The summed E-state index contributed by atoms with van der Waals surface area (Å²) < 4.78 is 11.3. The summed E-state index contributed by atoms with van der Waals surface area (Å²) in [5.74, 6) is 2.04. The fourth-order valence-electron chi connectivity index (χ4n) is 8.05. The molecule has 6 aliphatic rings. The molecule has 0 amide bonds. The van der Waals surface area contributed by atoms with Crippen molar-refractivity contribution in [2.45, 2.75) is 51.6 Å². The van der Waals surface area contributed by atoms with Crippen LogP contribution in [-0.4, -0.2) is 37.5 Å². The SMILES string of the molecule is CON=C[C@@H]1C=C2CC(=O)CC[C@]2(C)C2=CC[C@@]3(C)C(C21)[C@@H]1C[C@@H]1[C@@]31COC(=O)O1. The third-order valence-electron chi connectivity index (χ3n) is 9.55. The molecule has 6 nitrogen and oxygen atoms in total. The van der Waals surface area contributed by atoms with Gasteiger partial charge in [0.25, 0.3) is 0 Å². The molecule has 1 spiro atoms. The first-order valence-electron chi connectivity index (χ1n) is 11.2. The van der Waals surface area contributed by atoms with Crippen LogP contribution in [0.3, 0.4) is 0 Å². The monoisotopic (exact) mass is 411 g/mol. The molecule has 0 aromatic rings. The van der Waals surface area contributed by atoms with Crippen molar-refractivity contribution in [3.05, 3.63) is 23.3 Å². The van der Waals surface area contributed by atoms with Gasteiger partial charge in [0.15, 0.2) is 5.60 Å². The van der Waals surface area contributed by atoms with Crippen molar-refractivity contribution in [3.63, 3.8) is 0 Å². The molecule has 1 aliphatic heterocycles. The van der Waals surface area contributed by atoms with E-state index < -0.39 is 11.8 Å². The summed E-state index contributed by atoms with van der Waals surface area (Å²) >= 11 is 0. The van der Waals surface area contributed by atoms with Gasteiger partial charge in [-0.3, -0.25) is 4.79 Å². The largest absolute Gasteiger partial charge is 0.509 e. The normalized spacial score (nSPS) is 50.7. The van der Waals surface area contributed by atoms with E-state index in [0.717, 1.165) is 19.3 Å². The van der Waals surface area contributed by atoms with Crippen LogP contribution in [0.15, 0.2) is 28.5 Å². The molecule has 0 bridgehead atoms. The lowest BCUT2D eigenvalue weighted by molar-refractivity contribution is -0.120. The van der Waals surface area contributed by atoms with E-state index in [4.69, 9.17) is 14.3 Å². The molecular weight excluding hydrogens is 382 g/mol. The Morgan fingerprint density at radius 2 is 2.13 bits per heavy atom. The summed E-state index contributed by atoms with van der Waals surface area (Å²) in [4.78, 5) is 29.3. The molecule has 1 heterocycles. The fraction of sp³-hybridized carbons (Fsp3) is 0.708. The highest BCUT2D eigenvalue weighted by Crippen LogP contribution is 2.77. The van der Waals surface area contributed by atoms with Crippen molar-refractivity contribution in [2.75, 3.05) is 13.7 Å². The molecule has 160 valence electrons. The molecule has 5 aliphatic carbocycles. The second-order valence-electron chi connectivity index (χ2n) is 10.6. The standard InChI is InChI=1S/C24H29NO5/c1-22-6-4-15(26)9-14(22)8-13(11-25-28-3)19-17(22)5-7-23(2)20(19)16-10-18(16)24(23)12-29-21(27)30-24/h5,8,11,13,16,18-20H,4,6-7,9-10,12H2,1-3H3/t13-,16+,18-,19?,20?,22-,23-,24-/m0/s1. The molecule has 0 aromatic heterocycles. The number of hydrogen-bond donors (Lipinski definition) is 0. The van der Waals surface area contributed by atoms with Gasteiger partial charge < -0.3 is 14.3 Å². The van der Waals surface area contributed by atoms with Gasteiger partial charge in [-0.15, -0.1) is 0 Å². The van der Waals surface area contributed by atoms with E-state index in [1.807, 2.05) is 6.21 Å². The minimum absolute atomic E-state index is 0.0552. The number of carbonyl (C=O) groups is 2. The van der Waals surface area contributed by atoms with Crippen LogP contribution in [0.5, 0.6) is 0 Å². The van der Waals surface area contributed by atoms with Gasteiger partial charge in [-0.05, 0) is 37.0 Å². The number of fused-ring (bicyclic) bond motifs is 9. The van der Waals surface area contributed by atoms with Crippen LogP contribution in [0, 0.1) is 40.4 Å². The highest BCUT2D eigenvalue weighted by Gasteiger charge is 2.79. The molecule has 0 N–H and O–H groups in total. The summed E-state index contributed by atoms with van der Waals surface area (Å²) in [6.45, 7) is 5.00. The molecule has 3 saturated carbocycles. The molecule has 4 fully saturated rings. The zero-order valence-corrected chi connectivity index (χ0v) is 17.8. The first kappa shape index (κ1) is 18.6. The van der Waals surface area contributed by atoms with Crippen LogP contribution in [-0.2, 0) is 19.1 Å². The van der Waals surface area contributed by atoms with Gasteiger partial charge in [-0.1, -0.05) is 42.3 Å². The van der Waals surface area contributed by atoms with Crippen molar-refractivity contribution in [2.24, 2.45) is 45.6 Å². The Balaban J connectivity index is 1.49.